The van der Waals surface area contributed by atoms with Crippen LogP contribution in [0.25, 0.3) is 0 Å². The van der Waals surface area contributed by atoms with E-state index in [4.69, 9.17) is 9.26 Å². The summed E-state index contributed by atoms with van der Waals surface area (Å²) in [6.07, 6.45) is 4.41. The molecule has 8 heteroatoms. The Morgan fingerprint density at radius 2 is 2.18 bits per heavy atom. The maximum absolute atomic E-state index is 12.5. The molecule has 1 aromatic heterocycles. The normalized spacial score (nSPS) is 27.3. The Morgan fingerprint density at radius 3 is 2.86 bits per heavy atom. The summed E-state index contributed by atoms with van der Waals surface area (Å²) < 4.78 is 37.4. The number of ether oxygens (including phenoxy) is 1. The third-order valence-electron chi connectivity index (χ3n) is 4.39. The summed E-state index contributed by atoms with van der Waals surface area (Å²) in [7, 11) is -3.24. The van der Waals surface area contributed by atoms with Crippen LogP contribution in [0.1, 0.15) is 49.7 Å². The van der Waals surface area contributed by atoms with E-state index in [2.05, 4.69) is 10.1 Å². The molecular weight excluding hydrogens is 306 g/mol. The van der Waals surface area contributed by atoms with E-state index in [0.717, 1.165) is 32.3 Å². The minimum atomic E-state index is -3.24. The number of hydrogen-bond acceptors (Lipinski definition) is 6. The molecular formula is C14H23N3O4S. The lowest BCUT2D eigenvalue weighted by atomic mass is 10.00. The van der Waals surface area contributed by atoms with Crippen LogP contribution in [-0.2, 0) is 14.8 Å². The van der Waals surface area contributed by atoms with Crippen LogP contribution >= 0.6 is 0 Å². The quantitative estimate of drug-likeness (QED) is 0.813. The molecule has 0 aliphatic carbocycles. The maximum atomic E-state index is 12.5. The van der Waals surface area contributed by atoms with Gasteiger partial charge in [-0.25, -0.2) is 12.7 Å². The van der Waals surface area contributed by atoms with Crippen molar-refractivity contribution < 1.29 is 17.7 Å². The largest absolute Gasteiger partial charge is 0.378 e. The average Bonchev–Trinajstić information content (AvgIpc) is 3.17. The van der Waals surface area contributed by atoms with Crippen molar-refractivity contribution in [2.45, 2.75) is 51.0 Å². The highest BCUT2D eigenvalue weighted by atomic mass is 32.2. The van der Waals surface area contributed by atoms with Gasteiger partial charge in [0.2, 0.25) is 15.9 Å². The van der Waals surface area contributed by atoms with E-state index in [1.807, 2.05) is 0 Å². The Hall–Kier alpha value is -0.990. The molecule has 124 valence electrons. The smallest absolute Gasteiger partial charge is 0.231 e. The van der Waals surface area contributed by atoms with Crippen molar-refractivity contribution in [1.29, 1.82) is 0 Å². The monoisotopic (exact) mass is 329 g/mol. The van der Waals surface area contributed by atoms with Gasteiger partial charge in [0.25, 0.3) is 0 Å². The summed E-state index contributed by atoms with van der Waals surface area (Å²) in [5.74, 6) is 1.31. The number of hydrogen-bond donors (Lipinski definition) is 0. The summed E-state index contributed by atoms with van der Waals surface area (Å²) in [5.41, 5.74) is 0. The predicted molar refractivity (Wildman–Crippen MR) is 80.0 cm³/mol. The topological polar surface area (TPSA) is 85.5 Å². The van der Waals surface area contributed by atoms with E-state index in [0.29, 0.717) is 31.2 Å². The number of rotatable bonds is 5. The fourth-order valence-electron chi connectivity index (χ4n) is 3.16. The summed E-state index contributed by atoms with van der Waals surface area (Å²) in [6.45, 7) is 3.55. The summed E-state index contributed by atoms with van der Waals surface area (Å²) in [4.78, 5) is 4.24. The Kier molecular flexibility index (Phi) is 4.79. The molecule has 2 saturated heterocycles. The van der Waals surface area contributed by atoms with Crippen molar-refractivity contribution in [3.05, 3.63) is 11.7 Å². The van der Waals surface area contributed by atoms with Crippen molar-refractivity contribution in [1.82, 2.24) is 14.4 Å². The molecule has 0 N–H and O–H groups in total. The van der Waals surface area contributed by atoms with Crippen LogP contribution in [0, 0.1) is 6.92 Å². The van der Waals surface area contributed by atoms with Crippen molar-refractivity contribution in [2.24, 2.45) is 0 Å². The van der Waals surface area contributed by atoms with E-state index in [9.17, 15) is 8.42 Å². The van der Waals surface area contributed by atoms with Crippen LogP contribution in [0.5, 0.6) is 0 Å². The summed E-state index contributed by atoms with van der Waals surface area (Å²) >= 11 is 0. The van der Waals surface area contributed by atoms with Crippen molar-refractivity contribution in [2.75, 3.05) is 25.4 Å². The maximum Gasteiger partial charge on any atom is 0.231 e. The molecule has 7 nitrogen and oxygen atoms in total. The second kappa shape index (κ2) is 6.64. The van der Waals surface area contributed by atoms with Crippen LogP contribution in [0.4, 0.5) is 0 Å². The molecule has 2 fully saturated rings. The van der Waals surface area contributed by atoms with Gasteiger partial charge in [-0.2, -0.15) is 4.98 Å². The van der Waals surface area contributed by atoms with Crippen molar-refractivity contribution in [3.8, 4) is 0 Å². The first-order valence-electron chi connectivity index (χ1n) is 7.94. The van der Waals surface area contributed by atoms with E-state index in [1.54, 1.807) is 11.2 Å². The molecule has 0 saturated carbocycles. The van der Waals surface area contributed by atoms with Gasteiger partial charge in [-0.05, 0) is 39.0 Å². The number of aromatic nitrogens is 2. The second-order valence-corrected chi connectivity index (χ2v) is 8.21. The fraction of sp³-hybridized carbons (Fsp3) is 0.857. The molecule has 2 atom stereocenters. The third kappa shape index (κ3) is 3.67. The lowest BCUT2D eigenvalue weighted by molar-refractivity contribution is 0.108. The van der Waals surface area contributed by atoms with Gasteiger partial charge < -0.3 is 9.26 Å². The fourth-order valence-corrected chi connectivity index (χ4v) is 4.79. The zero-order valence-corrected chi connectivity index (χ0v) is 13.7. The second-order valence-electron chi connectivity index (χ2n) is 6.12. The molecule has 2 aliphatic heterocycles. The zero-order valence-electron chi connectivity index (χ0n) is 12.9. The van der Waals surface area contributed by atoms with Gasteiger partial charge >= 0.3 is 0 Å². The molecule has 22 heavy (non-hydrogen) atoms. The molecule has 2 aliphatic rings. The summed E-state index contributed by atoms with van der Waals surface area (Å²) in [6, 6.07) is 0. The Morgan fingerprint density at radius 1 is 1.32 bits per heavy atom. The highest BCUT2D eigenvalue weighted by Crippen LogP contribution is 2.28. The molecule has 0 bridgehead atoms. The molecule has 0 unspecified atom stereocenters. The van der Waals surface area contributed by atoms with Gasteiger partial charge in [-0.1, -0.05) is 5.16 Å². The highest BCUT2D eigenvalue weighted by Gasteiger charge is 2.32. The molecule has 1 aromatic rings. The van der Waals surface area contributed by atoms with Gasteiger partial charge in [0.05, 0.1) is 17.8 Å². The number of aryl methyl sites for hydroxylation is 1. The van der Waals surface area contributed by atoms with E-state index in [1.165, 1.54) is 0 Å². The molecule has 3 rings (SSSR count). The third-order valence-corrected chi connectivity index (χ3v) is 6.26. The molecule has 0 amide bonds. The van der Waals surface area contributed by atoms with Gasteiger partial charge in [0.1, 0.15) is 0 Å². The Labute approximate surface area is 131 Å². The lowest BCUT2D eigenvalue weighted by Gasteiger charge is -2.30. The van der Waals surface area contributed by atoms with E-state index >= 15 is 0 Å². The lowest BCUT2D eigenvalue weighted by Crippen LogP contribution is -2.40. The van der Waals surface area contributed by atoms with Crippen molar-refractivity contribution in [3.63, 3.8) is 0 Å². The minimum absolute atomic E-state index is 0.00690. The molecule has 3 heterocycles. The number of nitrogens with zero attached hydrogens (tertiary/aromatic N) is 3. The van der Waals surface area contributed by atoms with Gasteiger partial charge in [-0.15, -0.1) is 0 Å². The first-order chi connectivity index (χ1) is 10.5. The van der Waals surface area contributed by atoms with Crippen LogP contribution in [-0.4, -0.2) is 54.4 Å². The number of sulfonamides is 1. The first kappa shape index (κ1) is 15.9. The molecule has 0 radical (unpaired) electrons. The highest BCUT2D eigenvalue weighted by molar-refractivity contribution is 7.89. The zero-order chi connectivity index (χ0) is 15.6. The van der Waals surface area contributed by atoms with Gasteiger partial charge in [-0.3, -0.25) is 0 Å². The average molecular weight is 329 g/mol. The molecule has 0 aromatic carbocycles. The Balaban J connectivity index is 1.60. The predicted octanol–water partition coefficient (Wildman–Crippen LogP) is 1.46. The van der Waals surface area contributed by atoms with Crippen LogP contribution in [0.15, 0.2) is 4.52 Å². The standard InChI is InChI=1S/C14H23N3O4S/c1-11-15-14(21-16-11)12-4-2-7-17(10-12)22(18,19)9-6-13-5-3-8-20-13/h12-13H,2-10H2,1H3/t12-,13+/m0/s1. The van der Waals surface area contributed by atoms with E-state index < -0.39 is 10.0 Å². The van der Waals surface area contributed by atoms with Gasteiger partial charge in [0, 0.05) is 19.7 Å². The van der Waals surface area contributed by atoms with Gasteiger partial charge in [0.15, 0.2) is 5.82 Å². The van der Waals surface area contributed by atoms with E-state index in [-0.39, 0.29) is 17.8 Å². The molecule has 0 spiro atoms. The van der Waals surface area contributed by atoms with Crippen molar-refractivity contribution >= 4 is 10.0 Å². The van der Waals surface area contributed by atoms with Crippen LogP contribution in [0.2, 0.25) is 0 Å². The summed E-state index contributed by atoms with van der Waals surface area (Å²) in [5, 5.41) is 3.80. The first-order valence-corrected chi connectivity index (χ1v) is 9.55. The van der Waals surface area contributed by atoms with Crippen LogP contribution < -0.4 is 0 Å². The Bertz CT molecular complexity index is 595. The van der Waals surface area contributed by atoms with Crippen LogP contribution in [0.3, 0.4) is 0 Å². The number of piperidine rings is 1. The minimum Gasteiger partial charge on any atom is -0.378 e. The SMILES string of the molecule is Cc1noc([C@H]2CCCN(S(=O)(=O)CC[C@H]3CCCO3)C2)n1.